The van der Waals surface area contributed by atoms with E-state index in [1.54, 1.807) is 0 Å². The third-order valence-corrected chi connectivity index (χ3v) is 4.38. The fraction of sp³-hybridized carbons (Fsp3) is 0.600. The molecule has 0 aromatic carbocycles. The molecular formula is C15H20ClN3. The molecule has 2 atom stereocenters. The highest BCUT2D eigenvalue weighted by atomic mass is 35.5. The number of hydrogen-bond acceptors (Lipinski definition) is 2. The van der Waals surface area contributed by atoms with Gasteiger partial charge in [0.2, 0.25) is 0 Å². The van der Waals surface area contributed by atoms with Crippen LogP contribution in [0.3, 0.4) is 0 Å². The zero-order chi connectivity index (χ0) is 13.4. The van der Waals surface area contributed by atoms with Gasteiger partial charge in [-0.15, -0.1) is 11.6 Å². The molecule has 102 valence electrons. The van der Waals surface area contributed by atoms with E-state index in [1.165, 1.54) is 25.7 Å². The quantitative estimate of drug-likeness (QED) is 0.769. The average molecular weight is 278 g/mol. The van der Waals surface area contributed by atoms with Gasteiger partial charge >= 0.3 is 0 Å². The van der Waals surface area contributed by atoms with Gasteiger partial charge in [0.1, 0.15) is 11.3 Å². The summed E-state index contributed by atoms with van der Waals surface area (Å²) in [7, 11) is 0. The molecule has 1 aliphatic carbocycles. The largest absolute Gasteiger partial charge is 0.309 e. The fourth-order valence-electron chi connectivity index (χ4n) is 3.23. The van der Waals surface area contributed by atoms with E-state index in [4.69, 9.17) is 11.6 Å². The van der Waals surface area contributed by atoms with Crippen molar-refractivity contribution in [2.75, 3.05) is 0 Å². The summed E-state index contributed by atoms with van der Waals surface area (Å²) in [4.78, 5) is 9.33. The Bertz CT molecular complexity index is 590. The average Bonchev–Trinajstić information content (AvgIpc) is 2.76. The fourth-order valence-corrected chi connectivity index (χ4v) is 3.42. The first kappa shape index (κ1) is 12.9. The van der Waals surface area contributed by atoms with Crippen LogP contribution in [0.1, 0.15) is 50.2 Å². The van der Waals surface area contributed by atoms with Crippen molar-refractivity contribution in [3.8, 4) is 0 Å². The maximum Gasteiger partial charge on any atom is 0.160 e. The highest BCUT2D eigenvalue weighted by Gasteiger charge is 2.24. The molecule has 0 amide bonds. The lowest BCUT2D eigenvalue weighted by molar-refractivity contribution is 0.283. The Hall–Kier alpha value is -1.09. The number of alkyl halides is 1. The minimum atomic E-state index is 0.459. The third-order valence-electron chi connectivity index (χ3n) is 4.14. The molecule has 19 heavy (non-hydrogen) atoms. The molecule has 3 rings (SSSR count). The molecule has 0 N–H and O–H groups in total. The number of aromatic nitrogens is 3. The monoisotopic (exact) mass is 277 g/mol. The van der Waals surface area contributed by atoms with Crippen molar-refractivity contribution in [1.82, 2.24) is 14.5 Å². The number of hydrogen-bond donors (Lipinski definition) is 0. The number of halogens is 1. The first-order chi connectivity index (χ1) is 9.19. The van der Waals surface area contributed by atoms with E-state index in [0.29, 0.717) is 11.9 Å². The predicted molar refractivity (Wildman–Crippen MR) is 78.5 cm³/mol. The standard InChI is InChI=1S/C15H20ClN3/c1-10-4-3-5-12(8-10)19-14(9-16)18-13-7-6-11(2)17-15(13)19/h6-7,10,12H,3-5,8-9H2,1-2H3. The summed E-state index contributed by atoms with van der Waals surface area (Å²) >= 11 is 6.09. The number of rotatable bonds is 2. The molecule has 1 fully saturated rings. The topological polar surface area (TPSA) is 30.7 Å². The van der Waals surface area contributed by atoms with E-state index in [1.807, 2.05) is 13.0 Å². The van der Waals surface area contributed by atoms with Gasteiger partial charge in [-0.05, 0) is 37.8 Å². The van der Waals surface area contributed by atoms with Crippen LogP contribution in [0.25, 0.3) is 11.2 Å². The van der Waals surface area contributed by atoms with E-state index in [2.05, 4.69) is 27.5 Å². The lowest BCUT2D eigenvalue weighted by Crippen LogP contribution is -2.19. The summed E-state index contributed by atoms with van der Waals surface area (Å²) in [6.45, 7) is 4.37. The molecule has 2 unspecified atom stereocenters. The van der Waals surface area contributed by atoms with Crippen molar-refractivity contribution < 1.29 is 0 Å². The summed E-state index contributed by atoms with van der Waals surface area (Å²) in [6, 6.07) is 4.58. The number of fused-ring (bicyclic) bond motifs is 1. The van der Waals surface area contributed by atoms with Crippen LogP contribution in [0.4, 0.5) is 0 Å². The normalized spacial score (nSPS) is 23.9. The van der Waals surface area contributed by atoms with Gasteiger partial charge in [0.05, 0.1) is 5.88 Å². The molecule has 4 heteroatoms. The van der Waals surface area contributed by atoms with Crippen LogP contribution in [0, 0.1) is 12.8 Å². The molecule has 0 bridgehead atoms. The van der Waals surface area contributed by atoms with Gasteiger partial charge in [0, 0.05) is 11.7 Å². The van der Waals surface area contributed by atoms with Gasteiger partial charge in [-0.25, -0.2) is 9.97 Å². The summed E-state index contributed by atoms with van der Waals surface area (Å²) in [5.74, 6) is 2.21. The van der Waals surface area contributed by atoms with Gasteiger partial charge in [0.15, 0.2) is 5.65 Å². The van der Waals surface area contributed by atoms with Gasteiger partial charge < -0.3 is 4.57 Å². The van der Waals surface area contributed by atoms with Crippen LogP contribution in [-0.4, -0.2) is 14.5 Å². The third kappa shape index (κ3) is 2.36. The van der Waals surface area contributed by atoms with E-state index in [-0.39, 0.29) is 0 Å². The second kappa shape index (κ2) is 5.12. The SMILES string of the molecule is Cc1ccc2nc(CCl)n(C3CCCC(C)C3)c2n1. The summed E-state index contributed by atoms with van der Waals surface area (Å²) in [5, 5.41) is 0. The number of nitrogens with zero attached hydrogens (tertiary/aromatic N) is 3. The van der Waals surface area contributed by atoms with Crippen molar-refractivity contribution in [2.45, 2.75) is 51.5 Å². The Morgan fingerprint density at radius 2 is 2.16 bits per heavy atom. The Morgan fingerprint density at radius 3 is 2.89 bits per heavy atom. The molecule has 0 spiro atoms. The van der Waals surface area contributed by atoms with Crippen LogP contribution in [0.5, 0.6) is 0 Å². The minimum absolute atomic E-state index is 0.459. The lowest BCUT2D eigenvalue weighted by Gasteiger charge is -2.29. The van der Waals surface area contributed by atoms with E-state index < -0.39 is 0 Å². The molecule has 0 saturated heterocycles. The minimum Gasteiger partial charge on any atom is -0.309 e. The smallest absolute Gasteiger partial charge is 0.160 e. The highest BCUT2D eigenvalue weighted by Crippen LogP contribution is 2.35. The second-order valence-corrected chi connectivity index (χ2v) is 6.02. The van der Waals surface area contributed by atoms with Crippen LogP contribution in [0.15, 0.2) is 12.1 Å². The molecular weight excluding hydrogens is 258 g/mol. The van der Waals surface area contributed by atoms with Crippen LogP contribution in [0.2, 0.25) is 0 Å². The van der Waals surface area contributed by atoms with Crippen molar-refractivity contribution in [3.05, 3.63) is 23.7 Å². The zero-order valence-electron chi connectivity index (χ0n) is 11.6. The van der Waals surface area contributed by atoms with Crippen LogP contribution < -0.4 is 0 Å². The lowest BCUT2D eigenvalue weighted by atomic mass is 9.87. The maximum atomic E-state index is 6.09. The number of imidazole rings is 1. The van der Waals surface area contributed by atoms with Crippen LogP contribution in [-0.2, 0) is 5.88 Å². The van der Waals surface area contributed by atoms with Crippen molar-refractivity contribution in [3.63, 3.8) is 0 Å². The van der Waals surface area contributed by atoms with Gasteiger partial charge in [-0.2, -0.15) is 0 Å². The Kier molecular flexibility index (Phi) is 3.48. The first-order valence-corrected chi connectivity index (χ1v) is 7.63. The predicted octanol–water partition coefficient (Wildman–Crippen LogP) is 4.23. The molecule has 2 aromatic rings. The Balaban J connectivity index is 2.11. The van der Waals surface area contributed by atoms with Gasteiger partial charge in [0.25, 0.3) is 0 Å². The number of pyridine rings is 1. The summed E-state index contributed by atoms with van der Waals surface area (Å²) < 4.78 is 2.30. The molecule has 0 aliphatic heterocycles. The molecule has 1 saturated carbocycles. The second-order valence-electron chi connectivity index (χ2n) is 5.75. The van der Waals surface area contributed by atoms with Crippen molar-refractivity contribution in [2.24, 2.45) is 5.92 Å². The highest BCUT2D eigenvalue weighted by molar-refractivity contribution is 6.16. The van der Waals surface area contributed by atoms with E-state index in [0.717, 1.165) is 28.6 Å². The van der Waals surface area contributed by atoms with Gasteiger partial charge in [-0.3, -0.25) is 0 Å². The van der Waals surface area contributed by atoms with Crippen molar-refractivity contribution in [1.29, 1.82) is 0 Å². The molecule has 2 aromatic heterocycles. The zero-order valence-corrected chi connectivity index (χ0v) is 12.3. The molecule has 0 radical (unpaired) electrons. The number of aryl methyl sites for hydroxylation is 1. The first-order valence-electron chi connectivity index (χ1n) is 7.09. The summed E-state index contributed by atoms with van der Waals surface area (Å²) in [5.41, 5.74) is 3.02. The van der Waals surface area contributed by atoms with E-state index in [9.17, 15) is 0 Å². The van der Waals surface area contributed by atoms with Crippen molar-refractivity contribution >= 4 is 22.8 Å². The Morgan fingerprint density at radius 1 is 1.32 bits per heavy atom. The van der Waals surface area contributed by atoms with Crippen LogP contribution >= 0.6 is 11.6 Å². The van der Waals surface area contributed by atoms with Gasteiger partial charge in [-0.1, -0.05) is 19.8 Å². The molecule has 1 aliphatic rings. The van der Waals surface area contributed by atoms with E-state index >= 15 is 0 Å². The molecule has 3 nitrogen and oxygen atoms in total. The maximum absolute atomic E-state index is 6.09. The summed E-state index contributed by atoms with van der Waals surface area (Å²) in [6.07, 6.45) is 5.06. The Labute approximate surface area is 119 Å². The molecule has 2 heterocycles.